The van der Waals surface area contributed by atoms with Crippen molar-refractivity contribution in [1.29, 1.82) is 0 Å². The van der Waals surface area contributed by atoms with Crippen LogP contribution in [-0.2, 0) is 13.6 Å². The van der Waals surface area contributed by atoms with Crippen LogP contribution >= 0.6 is 0 Å². The van der Waals surface area contributed by atoms with Gasteiger partial charge in [0, 0.05) is 36.0 Å². The molecule has 0 aliphatic rings. The second-order valence-electron chi connectivity index (χ2n) is 9.87. The van der Waals surface area contributed by atoms with Gasteiger partial charge in [0.15, 0.2) is 11.6 Å². The van der Waals surface area contributed by atoms with E-state index >= 15 is 0 Å². The molecule has 0 bridgehead atoms. The summed E-state index contributed by atoms with van der Waals surface area (Å²) in [5.74, 6) is 2.01. The fourth-order valence-corrected chi connectivity index (χ4v) is 4.40. The molecule has 12 heteroatoms. The number of hydrogen-bond donors (Lipinski definition) is 2. The number of ether oxygens (including phenoxy) is 1. The van der Waals surface area contributed by atoms with Gasteiger partial charge in [0.1, 0.15) is 17.8 Å². The van der Waals surface area contributed by atoms with Crippen molar-refractivity contribution in [3.8, 4) is 17.3 Å². The van der Waals surface area contributed by atoms with Crippen LogP contribution in [0.15, 0.2) is 72.2 Å². The molecular weight excluding hydrogens is 532 g/mol. The van der Waals surface area contributed by atoms with E-state index in [9.17, 15) is 4.79 Å². The predicted octanol–water partition coefficient (Wildman–Crippen LogP) is 6.01. The lowest BCUT2D eigenvalue weighted by molar-refractivity contribution is 0.0940. The maximum atomic E-state index is 13.1. The lowest BCUT2D eigenvalue weighted by Crippen LogP contribution is -2.26. The molecule has 2 aromatic carbocycles. The highest BCUT2D eigenvalue weighted by Gasteiger charge is 2.14. The predicted molar refractivity (Wildman–Crippen MR) is 161 cm³/mol. The van der Waals surface area contributed by atoms with Gasteiger partial charge in [-0.15, -0.1) is 10.2 Å². The number of azide groups is 1. The summed E-state index contributed by atoms with van der Waals surface area (Å²) in [6, 6.07) is 16.8. The maximum Gasteiger partial charge on any atom is 0.251 e. The smallest absolute Gasteiger partial charge is 0.251 e. The summed E-state index contributed by atoms with van der Waals surface area (Å²) in [7, 11) is 1.89. The molecule has 12 nitrogen and oxygen atoms in total. The quantitative estimate of drug-likeness (QED) is 0.0725. The van der Waals surface area contributed by atoms with Crippen molar-refractivity contribution >= 4 is 11.6 Å². The first kappa shape index (κ1) is 30.0. The normalized spacial score (nSPS) is 11.4. The van der Waals surface area contributed by atoms with Crippen LogP contribution in [0.25, 0.3) is 22.0 Å². The molecule has 0 aliphatic carbocycles. The Morgan fingerprint density at radius 3 is 2.74 bits per heavy atom. The van der Waals surface area contributed by atoms with Crippen LogP contribution in [0.4, 0.5) is 5.69 Å². The number of nitrogens with zero attached hydrogens (tertiary/aromatic N) is 8. The Bertz CT molecular complexity index is 1480. The number of benzene rings is 2. The third-order valence-corrected chi connectivity index (χ3v) is 6.79. The molecule has 4 rings (SSSR count). The van der Waals surface area contributed by atoms with E-state index in [-0.39, 0.29) is 11.9 Å². The van der Waals surface area contributed by atoms with E-state index in [1.807, 2.05) is 61.0 Å². The van der Waals surface area contributed by atoms with Crippen molar-refractivity contribution in [2.75, 3.05) is 18.5 Å². The first-order valence-corrected chi connectivity index (χ1v) is 14.1. The second-order valence-corrected chi connectivity index (χ2v) is 9.87. The molecule has 218 valence electrons. The number of carbonyl (C=O) groups excluding carboxylic acids is 1. The molecule has 0 fully saturated rings. The summed E-state index contributed by atoms with van der Waals surface area (Å²) < 4.78 is 7.82. The minimum absolute atomic E-state index is 0.164. The Morgan fingerprint density at radius 1 is 1.07 bits per heavy atom. The van der Waals surface area contributed by atoms with Crippen molar-refractivity contribution in [2.24, 2.45) is 12.2 Å². The zero-order valence-corrected chi connectivity index (χ0v) is 24.0. The number of nitrogens with one attached hydrogen (secondary N) is 2. The largest absolute Gasteiger partial charge is 0.494 e. The fourth-order valence-electron chi connectivity index (χ4n) is 4.40. The van der Waals surface area contributed by atoms with Gasteiger partial charge < -0.3 is 19.9 Å². The van der Waals surface area contributed by atoms with Crippen molar-refractivity contribution in [1.82, 2.24) is 30.0 Å². The first-order valence-electron chi connectivity index (χ1n) is 14.1. The van der Waals surface area contributed by atoms with Crippen LogP contribution in [0.2, 0.25) is 0 Å². The topological polar surface area (TPSA) is 156 Å². The van der Waals surface area contributed by atoms with Gasteiger partial charge in [0.05, 0.1) is 19.2 Å². The SMILES string of the molecule is CC(NC(=O)c1cccc(NCc2nnc(-c3ccncn3)n2C)c1)c1cccc(OCCCCCCCN=[N+]=[N-])c1. The Hall–Kier alpha value is -4.96. The summed E-state index contributed by atoms with van der Waals surface area (Å²) in [4.78, 5) is 24.0. The molecular formula is C30H36N10O2. The fraction of sp³-hybridized carbons (Fsp3) is 0.367. The molecule has 0 saturated heterocycles. The lowest BCUT2D eigenvalue weighted by Gasteiger charge is -2.16. The highest BCUT2D eigenvalue weighted by atomic mass is 16.5. The number of unbranched alkanes of at least 4 members (excludes halogenated alkanes) is 4. The Morgan fingerprint density at radius 2 is 1.90 bits per heavy atom. The Balaban J connectivity index is 1.25. The molecule has 2 aromatic heterocycles. The summed E-state index contributed by atoms with van der Waals surface area (Å²) in [6.07, 6.45) is 8.24. The van der Waals surface area contributed by atoms with E-state index in [4.69, 9.17) is 10.3 Å². The monoisotopic (exact) mass is 568 g/mol. The van der Waals surface area contributed by atoms with Gasteiger partial charge in [-0.1, -0.05) is 42.6 Å². The van der Waals surface area contributed by atoms with E-state index < -0.39 is 0 Å². The van der Waals surface area contributed by atoms with Crippen LogP contribution in [0.1, 0.15) is 66.8 Å². The van der Waals surface area contributed by atoms with E-state index in [0.717, 1.165) is 54.9 Å². The Labute approximate surface area is 245 Å². The van der Waals surface area contributed by atoms with E-state index in [2.05, 4.69) is 40.8 Å². The van der Waals surface area contributed by atoms with Gasteiger partial charge in [0.2, 0.25) is 0 Å². The molecule has 0 radical (unpaired) electrons. The van der Waals surface area contributed by atoms with Crippen molar-refractivity contribution in [3.05, 3.63) is 94.5 Å². The molecule has 1 atom stereocenters. The van der Waals surface area contributed by atoms with Gasteiger partial charge in [-0.3, -0.25) is 4.79 Å². The van der Waals surface area contributed by atoms with Crippen molar-refractivity contribution < 1.29 is 9.53 Å². The molecule has 0 aliphatic heterocycles. The molecule has 42 heavy (non-hydrogen) atoms. The molecule has 1 unspecified atom stereocenters. The van der Waals surface area contributed by atoms with Crippen molar-refractivity contribution in [2.45, 2.75) is 51.6 Å². The summed E-state index contributed by atoms with van der Waals surface area (Å²) in [6.45, 7) is 3.59. The number of carbonyl (C=O) groups is 1. The van der Waals surface area contributed by atoms with Gasteiger partial charge in [-0.25, -0.2) is 9.97 Å². The summed E-state index contributed by atoms with van der Waals surface area (Å²) in [5.41, 5.74) is 11.3. The van der Waals surface area contributed by atoms with Gasteiger partial charge in [-0.2, -0.15) is 0 Å². The van der Waals surface area contributed by atoms with Crippen LogP contribution in [0.3, 0.4) is 0 Å². The zero-order chi connectivity index (χ0) is 29.6. The highest BCUT2D eigenvalue weighted by molar-refractivity contribution is 5.95. The third kappa shape index (κ3) is 8.77. The summed E-state index contributed by atoms with van der Waals surface area (Å²) >= 11 is 0. The molecule has 0 saturated carbocycles. The number of rotatable bonds is 16. The van der Waals surface area contributed by atoms with E-state index in [0.29, 0.717) is 36.8 Å². The van der Waals surface area contributed by atoms with Gasteiger partial charge >= 0.3 is 0 Å². The minimum Gasteiger partial charge on any atom is -0.494 e. The van der Waals surface area contributed by atoms with Crippen molar-refractivity contribution in [3.63, 3.8) is 0 Å². The number of hydrogen-bond acceptors (Lipinski definition) is 8. The number of amides is 1. The van der Waals surface area contributed by atoms with Crippen LogP contribution in [0, 0.1) is 0 Å². The van der Waals surface area contributed by atoms with Crippen LogP contribution < -0.4 is 15.4 Å². The number of aromatic nitrogens is 5. The molecule has 2 heterocycles. The molecule has 2 N–H and O–H groups in total. The standard InChI is InChI=1S/C30H36N10O2/c1-22(23-10-9-13-26(19-23)42-17-7-5-3-4-6-15-35-39-31)36-30(41)24-11-8-12-25(18-24)33-20-28-37-38-29(40(28)2)27-14-16-32-21-34-27/h8-14,16,18-19,21-22,33H,3-7,15,17,20H2,1-2H3,(H,36,41). The minimum atomic E-state index is -0.201. The summed E-state index contributed by atoms with van der Waals surface area (Å²) in [5, 5.41) is 18.5. The molecule has 1 amide bonds. The zero-order valence-electron chi connectivity index (χ0n) is 24.0. The van der Waals surface area contributed by atoms with Crippen LogP contribution in [0.5, 0.6) is 5.75 Å². The van der Waals surface area contributed by atoms with Gasteiger partial charge in [-0.05, 0) is 67.3 Å². The molecule has 4 aromatic rings. The maximum absolute atomic E-state index is 13.1. The second kappa shape index (κ2) is 15.7. The molecule has 0 spiro atoms. The first-order chi connectivity index (χ1) is 20.5. The van der Waals surface area contributed by atoms with Crippen LogP contribution in [-0.4, -0.2) is 43.8 Å². The lowest BCUT2D eigenvalue weighted by atomic mass is 10.1. The van der Waals surface area contributed by atoms with Gasteiger partial charge in [0.25, 0.3) is 5.91 Å². The average molecular weight is 569 g/mol. The van der Waals surface area contributed by atoms with E-state index in [1.165, 1.54) is 6.33 Å². The van der Waals surface area contributed by atoms with E-state index in [1.54, 1.807) is 18.3 Å². The highest BCUT2D eigenvalue weighted by Crippen LogP contribution is 2.21. The third-order valence-electron chi connectivity index (χ3n) is 6.79. The number of anilines is 1. The average Bonchev–Trinajstić information content (AvgIpc) is 3.39. The Kier molecular flexibility index (Phi) is 11.2.